The number of amides is 1. The highest BCUT2D eigenvalue weighted by Gasteiger charge is 2.46. The first-order chi connectivity index (χ1) is 18.5. The van der Waals surface area contributed by atoms with Crippen LogP contribution in [-0.2, 0) is 21.5 Å². The van der Waals surface area contributed by atoms with Crippen LogP contribution in [0, 0.1) is 0 Å². The van der Waals surface area contributed by atoms with E-state index in [0.717, 1.165) is 11.1 Å². The Hall–Kier alpha value is -3.97. The lowest BCUT2D eigenvalue weighted by Crippen LogP contribution is -2.29. The number of hydrogen-bond donors (Lipinski definition) is 1. The van der Waals surface area contributed by atoms with Crippen LogP contribution in [0.2, 0.25) is 5.02 Å². The maximum absolute atomic E-state index is 13.6. The number of halogens is 1. The average molecular weight is 550 g/mol. The van der Waals surface area contributed by atoms with Crippen molar-refractivity contribution < 1.29 is 28.9 Å². The van der Waals surface area contributed by atoms with Crippen LogP contribution in [0.1, 0.15) is 49.1 Å². The van der Waals surface area contributed by atoms with Crippen LogP contribution in [0.5, 0.6) is 17.2 Å². The number of ketones is 1. The predicted octanol–water partition coefficient (Wildman–Crippen LogP) is 6.29. The topological polar surface area (TPSA) is 85.3 Å². The lowest BCUT2D eigenvalue weighted by atomic mass is 9.85. The van der Waals surface area contributed by atoms with Crippen molar-refractivity contribution in [3.05, 3.63) is 93.5 Å². The van der Waals surface area contributed by atoms with E-state index in [2.05, 4.69) is 20.8 Å². The van der Waals surface area contributed by atoms with Gasteiger partial charge < -0.3 is 24.2 Å². The van der Waals surface area contributed by atoms with Crippen LogP contribution in [-0.4, -0.2) is 43.0 Å². The molecule has 1 aliphatic rings. The van der Waals surface area contributed by atoms with E-state index < -0.39 is 17.7 Å². The fraction of sp³-hybridized carbons (Fsp3) is 0.290. The van der Waals surface area contributed by atoms with Gasteiger partial charge in [-0.2, -0.15) is 0 Å². The van der Waals surface area contributed by atoms with Crippen LogP contribution in [0.4, 0.5) is 0 Å². The summed E-state index contributed by atoms with van der Waals surface area (Å²) in [6.45, 7) is 6.42. The third kappa shape index (κ3) is 5.32. The minimum absolute atomic E-state index is 0.0546. The zero-order chi connectivity index (χ0) is 28.5. The number of Topliss-reactive ketones (excluding diaryl/α,β-unsaturated/α-hetero) is 1. The number of methoxy groups -OCH3 is 3. The number of ether oxygens (including phenoxy) is 3. The Morgan fingerprint density at radius 3 is 2.10 bits per heavy atom. The molecule has 4 rings (SSSR count). The quantitative estimate of drug-likeness (QED) is 0.212. The van der Waals surface area contributed by atoms with Gasteiger partial charge in [-0.3, -0.25) is 9.59 Å². The van der Waals surface area contributed by atoms with E-state index in [1.54, 1.807) is 13.2 Å². The molecule has 1 atom stereocenters. The van der Waals surface area contributed by atoms with Crippen LogP contribution in [0.3, 0.4) is 0 Å². The van der Waals surface area contributed by atoms with Crippen LogP contribution < -0.4 is 14.2 Å². The summed E-state index contributed by atoms with van der Waals surface area (Å²) in [5, 5.41) is 11.9. The molecule has 0 aliphatic carbocycles. The fourth-order valence-corrected chi connectivity index (χ4v) is 4.99. The lowest BCUT2D eigenvalue weighted by molar-refractivity contribution is -0.140. The van der Waals surface area contributed by atoms with Crippen molar-refractivity contribution in [2.45, 2.75) is 38.8 Å². The van der Waals surface area contributed by atoms with E-state index >= 15 is 0 Å². The van der Waals surface area contributed by atoms with Gasteiger partial charge in [0.05, 0.1) is 50.1 Å². The Morgan fingerprint density at radius 1 is 0.897 bits per heavy atom. The highest BCUT2D eigenvalue weighted by molar-refractivity contribution is 6.46. The Labute approximate surface area is 233 Å². The van der Waals surface area contributed by atoms with Crippen molar-refractivity contribution in [2.75, 3.05) is 21.3 Å². The molecule has 39 heavy (non-hydrogen) atoms. The molecule has 8 heteroatoms. The standard InChI is InChI=1S/C31H32ClNO6/c1-31(2,3)20-13-11-18(12-14-20)27-26(28(34)21-15-25(39-6)22(32)16-24(21)38-5)29(35)30(36)33(27)17-19-9-7-8-10-23(19)37-4/h7-16,27,34H,17H2,1-6H3/b28-26+. The maximum Gasteiger partial charge on any atom is 0.295 e. The van der Waals surface area contributed by atoms with Gasteiger partial charge in [0.2, 0.25) is 0 Å². The number of carbonyl (C=O) groups excluding carboxylic acids is 2. The van der Waals surface area contributed by atoms with Crippen LogP contribution in [0.25, 0.3) is 5.76 Å². The summed E-state index contributed by atoms with van der Waals surface area (Å²) in [6.07, 6.45) is 0. The van der Waals surface area contributed by atoms with Gasteiger partial charge in [-0.1, -0.05) is 74.8 Å². The lowest BCUT2D eigenvalue weighted by Gasteiger charge is -2.27. The molecule has 1 heterocycles. The van der Waals surface area contributed by atoms with Gasteiger partial charge >= 0.3 is 0 Å². The van der Waals surface area contributed by atoms with Crippen molar-refractivity contribution in [1.82, 2.24) is 4.90 Å². The van der Waals surface area contributed by atoms with E-state index in [0.29, 0.717) is 11.3 Å². The molecule has 0 aromatic heterocycles. The molecule has 1 fully saturated rings. The van der Waals surface area contributed by atoms with Gasteiger partial charge in [-0.15, -0.1) is 0 Å². The summed E-state index contributed by atoms with van der Waals surface area (Å²) in [5.41, 5.74) is 2.54. The number of aliphatic hydroxyl groups is 1. The monoisotopic (exact) mass is 549 g/mol. The molecule has 1 N–H and O–H groups in total. The van der Waals surface area contributed by atoms with Crippen molar-refractivity contribution in [3.8, 4) is 17.2 Å². The van der Waals surface area contributed by atoms with Crippen molar-refractivity contribution in [2.24, 2.45) is 0 Å². The Balaban J connectivity index is 1.94. The molecule has 7 nitrogen and oxygen atoms in total. The number of rotatable bonds is 7. The summed E-state index contributed by atoms with van der Waals surface area (Å²) in [5.74, 6) is -0.808. The Bertz CT molecular complexity index is 1440. The second-order valence-electron chi connectivity index (χ2n) is 10.3. The Morgan fingerprint density at radius 2 is 1.51 bits per heavy atom. The normalized spacial score (nSPS) is 16.9. The number of benzene rings is 3. The molecule has 1 amide bonds. The molecular formula is C31H32ClNO6. The highest BCUT2D eigenvalue weighted by atomic mass is 35.5. The van der Waals surface area contributed by atoms with E-state index in [9.17, 15) is 14.7 Å². The number of hydrogen-bond acceptors (Lipinski definition) is 6. The fourth-order valence-electron chi connectivity index (χ4n) is 4.76. The molecule has 3 aromatic carbocycles. The first kappa shape index (κ1) is 28.0. The SMILES string of the molecule is COc1cc(/C(O)=C2\C(=O)C(=O)N(Cc3ccccc3OC)C2c2ccc(C(C)(C)C)cc2)c(OC)cc1Cl. The van der Waals surface area contributed by atoms with Crippen LogP contribution >= 0.6 is 11.6 Å². The summed E-state index contributed by atoms with van der Waals surface area (Å²) < 4.78 is 16.3. The second-order valence-corrected chi connectivity index (χ2v) is 10.7. The summed E-state index contributed by atoms with van der Waals surface area (Å²) in [7, 11) is 4.42. The molecular weight excluding hydrogens is 518 g/mol. The molecule has 0 spiro atoms. The minimum Gasteiger partial charge on any atom is -0.507 e. The third-order valence-corrected chi connectivity index (χ3v) is 7.19. The average Bonchev–Trinajstić information content (AvgIpc) is 3.17. The van der Waals surface area contributed by atoms with Gasteiger partial charge in [-0.25, -0.2) is 0 Å². The second kappa shape index (κ2) is 11.0. The summed E-state index contributed by atoms with van der Waals surface area (Å²) in [4.78, 5) is 28.5. The number of aliphatic hydroxyl groups excluding tert-OH is 1. The van der Waals surface area contributed by atoms with Crippen LogP contribution in [0.15, 0.2) is 66.2 Å². The largest absolute Gasteiger partial charge is 0.507 e. The maximum atomic E-state index is 13.6. The predicted molar refractivity (Wildman–Crippen MR) is 151 cm³/mol. The summed E-state index contributed by atoms with van der Waals surface area (Å²) in [6, 6.07) is 17.2. The molecule has 0 saturated carbocycles. The zero-order valence-corrected chi connectivity index (χ0v) is 23.6. The molecule has 1 unspecified atom stereocenters. The van der Waals surface area contributed by atoms with E-state index in [1.807, 2.05) is 42.5 Å². The van der Waals surface area contributed by atoms with Crippen molar-refractivity contribution in [1.29, 1.82) is 0 Å². The van der Waals surface area contributed by atoms with Crippen molar-refractivity contribution in [3.63, 3.8) is 0 Å². The van der Waals surface area contributed by atoms with Crippen molar-refractivity contribution >= 4 is 29.1 Å². The summed E-state index contributed by atoms with van der Waals surface area (Å²) >= 11 is 6.27. The molecule has 0 bridgehead atoms. The number of carbonyl (C=O) groups is 2. The number of para-hydroxylation sites is 1. The molecule has 1 saturated heterocycles. The van der Waals surface area contributed by atoms with Gasteiger partial charge in [0, 0.05) is 11.6 Å². The van der Waals surface area contributed by atoms with E-state index in [4.69, 9.17) is 25.8 Å². The van der Waals surface area contributed by atoms with Gasteiger partial charge in [0.15, 0.2) is 0 Å². The number of likely N-dealkylation sites (tertiary alicyclic amines) is 1. The van der Waals surface area contributed by atoms with E-state index in [-0.39, 0.29) is 45.4 Å². The Kier molecular flexibility index (Phi) is 7.93. The first-order valence-corrected chi connectivity index (χ1v) is 12.8. The zero-order valence-electron chi connectivity index (χ0n) is 22.9. The molecule has 3 aromatic rings. The van der Waals surface area contributed by atoms with Gasteiger partial charge in [0.25, 0.3) is 11.7 Å². The van der Waals surface area contributed by atoms with Gasteiger partial charge in [-0.05, 0) is 28.7 Å². The smallest absolute Gasteiger partial charge is 0.295 e. The molecule has 204 valence electrons. The van der Waals surface area contributed by atoms with E-state index in [1.165, 1.54) is 31.3 Å². The molecule has 1 aliphatic heterocycles. The third-order valence-electron chi connectivity index (χ3n) is 6.89. The minimum atomic E-state index is -0.865. The number of nitrogens with zero attached hydrogens (tertiary/aromatic N) is 1. The molecule has 0 radical (unpaired) electrons. The highest BCUT2D eigenvalue weighted by Crippen LogP contribution is 2.44. The van der Waals surface area contributed by atoms with Gasteiger partial charge in [0.1, 0.15) is 23.0 Å². The first-order valence-electron chi connectivity index (χ1n) is 12.4.